The maximum atomic E-state index is 13.3. The fraction of sp³-hybridized carbons (Fsp3) is 0.240. The minimum Gasteiger partial charge on any atom is -0.503 e. The van der Waals surface area contributed by atoms with Crippen molar-refractivity contribution in [3.05, 3.63) is 99.5 Å². The molecule has 0 aliphatic carbocycles. The van der Waals surface area contributed by atoms with E-state index < -0.39 is 40.9 Å². The van der Waals surface area contributed by atoms with Gasteiger partial charge in [0.05, 0.1) is 12.6 Å². The summed E-state index contributed by atoms with van der Waals surface area (Å²) in [5.41, 5.74) is -0.0311. The number of aromatic carboxylic acids is 1. The van der Waals surface area contributed by atoms with Crippen molar-refractivity contribution in [1.29, 1.82) is 0 Å². The van der Waals surface area contributed by atoms with Crippen LogP contribution in [0.4, 0.5) is 0 Å². The van der Waals surface area contributed by atoms with Crippen LogP contribution in [-0.4, -0.2) is 50.9 Å². The van der Waals surface area contributed by atoms with Gasteiger partial charge in [-0.05, 0) is 17.5 Å². The topological polar surface area (TPSA) is 109 Å². The maximum absolute atomic E-state index is 13.3. The monoisotopic (exact) mass is 446 g/mol. The highest BCUT2D eigenvalue weighted by Crippen LogP contribution is 2.44. The quantitative estimate of drug-likeness (QED) is 0.638. The van der Waals surface area contributed by atoms with E-state index >= 15 is 0 Å². The van der Waals surface area contributed by atoms with Gasteiger partial charge < -0.3 is 24.4 Å². The highest BCUT2D eigenvalue weighted by Gasteiger charge is 2.47. The second kappa shape index (κ2) is 8.22. The molecule has 2 atom stereocenters. The van der Waals surface area contributed by atoms with Gasteiger partial charge in [0, 0.05) is 18.7 Å². The Hall–Kier alpha value is -3.91. The number of hydrogen-bond acceptors (Lipinski definition) is 5. The number of carbonyl (C=O) groups excluding carboxylic acids is 1. The molecule has 0 bridgehead atoms. The molecule has 0 saturated carbocycles. The summed E-state index contributed by atoms with van der Waals surface area (Å²) in [7, 11) is 0. The van der Waals surface area contributed by atoms with E-state index in [9.17, 15) is 24.6 Å². The van der Waals surface area contributed by atoms with E-state index in [4.69, 9.17) is 4.74 Å². The van der Waals surface area contributed by atoms with Crippen molar-refractivity contribution >= 4 is 11.9 Å². The number of fused-ring (bicyclic) bond motifs is 2. The number of aromatic hydroxyl groups is 1. The van der Waals surface area contributed by atoms with Crippen LogP contribution in [0.1, 0.15) is 50.4 Å². The van der Waals surface area contributed by atoms with Crippen LogP contribution in [0.25, 0.3) is 0 Å². The summed E-state index contributed by atoms with van der Waals surface area (Å²) in [5.74, 6) is -3.23. The molecule has 3 heterocycles. The van der Waals surface area contributed by atoms with Crippen molar-refractivity contribution in [3.63, 3.8) is 0 Å². The Labute approximate surface area is 189 Å². The molecule has 1 fully saturated rings. The second-order valence-electron chi connectivity index (χ2n) is 8.18. The predicted molar refractivity (Wildman–Crippen MR) is 118 cm³/mol. The summed E-state index contributed by atoms with van der Waals surface area (Å²) >= 11 is 0. The van der Waals surface area contributed by atoms with Crippen molar-refractivity contribution in [3.8, 4) is 5.75 Å². The molecule has 1 aromatic heterocycles. The highest BCUT2D eigenvalue weighted by molar-refractivity contribution is 5.98. The zero-order chi connectivity index (χ0) is 23.1. The van der Waals surface area contributed by atoms with Gasteiger partial charge in [0.1, 0.15) is 5.56 Å². The summed E-state index contributed by atoms with van der Waals surface area (Å²) in [5, 5.41) is 20.3. The van der Waals surface area contributed by atoms with E-state index in [1.807, 2.05) is 60.7 Å². The number of carboxylic acids is 1. The Morgan fingerprint density at radius 1 is 1.00 bits per heavy atom. The number of carboxylic acid groups (broad SMARTS) is 1. The van der Waals surface area contributed by atoms with E-state index in [0.29, 0.717) is 19.6 Å². The molecule has 1 saturated heterocycles. The molecule has 1 amide bonds. The van der Waals surface area contributed by atoms with Crippen molar-refractivity contribution in [2.75, 3.05) is 13.2 Å². The SMILES string of the molecule is O=C(O)c1cn2c(c(O)c1=O)C(=O)N1CCCO[C@@H]1C2C(c1ccccc1)c1ccccc1. The highest BCUT2D eigenvalue weighted by atomic mass is 16.5. The third kappa shape index (κ3) is 3.39. The van der Waals surface area contributed by atoms with Crippen LogP contribution in [0.2, 0.25) is 0 Å². The van der Waals surface area contributed by atoms with E-state index in [1.54, 1.807) is 0 Å². The maximum Gasteiger partial charge on any atom is 0.341 e. The van der Waals surface area contributed by atoms with Gasteiger partial charge >= 0.3 is 5.97 Å². The van der Waals surface area contributed by atoms with Gasteiger partial charge in [-0.3, -0.25) is 9.59 Å². The largest absolute Gasteiger partial charge is 0.503 e. The molecule has 8 nitrogen and oxygen atoms in total. The Bertz CT molecular complexity index is 1230. The lowest BCUT2D eigenvalue weighted by Crippen LogP contribution is -2.57. The lowest BCUT2D eigenvalue weighted by atomic mass is 9.82. The average molecular weight is 446 g/mol. The molecule has 2 N–H and O–H groups in total. The van der Waals surface area contributed by atoms with Crippen molar-refractivity contribution in [2.45, 2.75) is 24.6 Å². The van der Waals surface area contributed by atoms with Crippen LogP contribution >= 0.6 is 0 Å². The Morgan fingerprint density at radius 2 is 1.61 bits per heavy atom. The molecule has 33 heavy (non-hydrogen) atoms. The van der Waals surface area contributed by atoms with Crippen molar-refractivity contribution in [2.24, 2.45) is 0 Å². The van der Waals surface area contributed by atoms with Gasteiger partial charge in [-0.2, -0.15) is 0 Å². The fourth-order valence-corrected chi connectivity index (χ4v) is 4.88. The van der Waals surface area contributed by atoms with Gasteiger partial charge in [-0.1, -0.05) is 60.7 Å². The Balaban J connectivity index is 1.82. The first-order chi connectivity index (χ1) is 16.0. The molecule has 2 aliphatic rings. The molecule has 0 radical (unpaired) electrons. The normalized spacial score (nSPS) is 19.8. The second-order valence-corrected chi connectivity index (χ2v) is 8.18. The summed E-state index contributed by atoms with van der Waals surface area (Å²) in [6.07, 6.45) is 1.08. The zero-order valence-electron chi connectivity index (χ0n) is 17.6. The summed E-state index contributed by atoms with van der Waals surface area (Å²) in [4.78, 5) is 39.2. The van der Waals surface area contributed by atoms with Gasteiger partial charge in [0.25, 0.3) is 5.91 Å². The minimum absolute atomic E-state index is 0.214. The molecule has 1 unspecified atom stereocenters. The number of aromatic nitrogens is 1. The minimum atomic E-state index is -1.47. The molecular formula is C25H22N2O6. The lowest BCUT2D eigenvalue weighted by Gasteiger charge is -2.48. The number of hydrogen-bond donors (Lipinski definition) is 2. The van der Waals surface area contributed by atoms with E-state index in [-0.39, 0.29) is 11.6 Å². The first-order valence-electron chi connectivity index (χ1n) is 10.7. The summed E-state index contributed by atoms with van der Waals surface area (Å²) < 4.78 is 7.52. The molecule has 0 spiro atoms. The first kappa shape index (κ1) is 21.0. The zero-order valence-corrected chi connectivity index (χ0v) is 17.6. The molecule has 2 aromatic carbocycles. The molecule has 5 rings (SSSR count). The third-order valence-electron chi connectivity index (χ3n) is 6.32. The molecular weight excluding hydrogens is 424 g/mol. The number of pyridine rings is 1. The standard InChI is InChI=1S/C25H22N2O6/c28-21-17(25(31)32)14-27-19(24-26(12-7-13-33-24)23(30)20(27)22(21)29)18(15-8-3-1-4-9-15)16-10-5-2-6-11-16/h1-6,8-11,14,18-19,24,29H,7,12-13H2,(H,31,32)/t19?,24-/m1/s1. The third-order valence-corrected chi connectivity index (χ3v) is 6.32. The molecule has 168 valence electrons. The van der Waals surface area contributed by atoms with Crippen LogP contribution < -0.4 is 5.43 Å². The van der Waals surface area contributed by atoms with Gasteiger partial charge in [-0.15, -0.1) is 0 Å². The van der Waals surface area contributed by atoms with Gasteiger partial charge in [-0.25, -0.2) is 4.79 Å². The summed E-state index contributed by atoms with van der Waals surface area (Å²) in [6.45, 7) is 0.846. The van der Waals surface area contributed by atoms with Crippen LogP contribution in [0.5, 0.6) is 5.75 Å². The number of carbonyl (C=O) groups is 2. The summed E-state index contributed by atoms with van der Waals surface area (Å²) in [6, 6.07) is 18.7. The first-order valence-corrected chi connectivity index (χ1v) is 10.7. The van der Waals surface area contributed by atoms with Gasteiger partial charge in [0.15, 0.2) is 17.7 Å². The van der Waals surface area contributed by atoms with Gasteiger partial charge in [0.2, 0.25) is 5.43 Å². The van der Waals surface area contributed by atoms with E-state index in [1.165, 1.54) is 9.47 Å². The molecule has 3 aromatic rings. The van der Waals surface area contributed by atoms with Crippen LogP contribution in [0, 0.1) is 0 Å². The van der Waals surface area contributed by atoms with E-state index in [2.05, 4.69) is 0 Å². The average Bonchev–Trinajstić information content (AvgIpc) is 2.84. The van der Waals surface area contributed by atoms with E-state index in [0.717, 1.165) is 17.3 Å². The van der Waals surface area contributed by atoms with Crippen molar-refractivity contribution in [1.82, 2.24) is 9.47 Å². The van der Waals surface area contributed by atoms with Crippen LogP contribution in [0.3, 0.4) is 0 Å². The lowest BCUT2D eigenvalue weighted by molar-refractivity contribution is -0.114. The van der Waals surface area contributed by atoms with Crippen molar-refractivity contribution < 1.29 is 24.5 Å². The van der Waals surface area contributed by atoms with Crippen LogP contribution in [0.15, 0.2) is 71.7 Å². The fourth-order valence-electron chi connectivity index (χ4n) is 4.88. The Kier molecular flexibility index (Phi) is 5.22. The predicted octanol–water partition coefficient (Wildman–Crippen LogP) is 2.83. The van der Waals surface area contributed by atoms with Crippen LogP contribution in [-0.2, 0) is 4.74 Å². The number of ether oxygens (including phenoxy) is 1. The molecule has 8 heteroatoms. The number of nitrogens with zero attached hydrogens (tertiary/aromatic N) is 2. The number of rotatable bonds is 4. The Morgan fingerprint density at radius 3 is 2.18 bits per heavy atom. The smallest absolute Gasteiger partial charge is 0.341 e. The number of benzene rings is 2. The number of amides is 1. The molecule has 2 aliphatic heterocycles.